The Labute approximate surface area is 105 Å². The summed E-state index contributed by atoms with van der Waals surface area (Å²) in [5, 5.41) is 20.4. The van der Waals surface area contributed by atoms with E-state index in [0.29, 0.717) is 11.9 Å². The van der Waals surface area contributed by atoms with Crippen LogP contribution < -0.4 is 5.32 Å². The highest BCUT2D eigenvalue weighted by atomic mass is 16.5. The molecule has 0 unspecified atom stereocenters. The first-order valence-electron chi connectivity index (χ1n) is 6.05. The van der Waals surface area contributed by atoms with Gasteiger partial charge in [-0.3, -0.25) is 0 Å². The highest BCUT2D eigenvalue weighted by Gasteiger charge is 2.19. The van der Waals surface area contributed by atoms with E-state index in [9.17, 15) is 9.90 Å². The summed E-state index contributed by atoms with van der Waals surface area (Å²) in [6.07, 6.45) is 3.29. The minimum atomic E-state index is -0.491. The van der Waals surface area contributed by atoms with Gasteiger partial charge in [-0.25, -0.2) is 4.79 Å². The molecule has 0 bridgehead atoms. The van der Waals surface area contributed by atoms with E-state index in [-0.39, 0.29) is 11.8 Å². The number of anilines is 1. The van der Waals surface area contributed by atoms with E-state index in [2.05, 4.69) is 20.3 Å². The monoisotopic (exact) mass is 251 g/mol. The molecule has 2 N–H and O–H groups in total. The number of rotatable bonds is 3. The molecule has 1 aromatic rings. The third-order valence-electron chi connectivity index (χ3n) is 3.11. The topological polar surface area (TPSA) is 84.3 Å². The Bertz CT molecular complexity index is 400. The number of aliphatic hydroxyl groups is 1. The van der Waals surface area contributed by atoms with Crippen LogP contribution in [0, 0.1) is 0 Å². The number of hydrogen-bond acceptors (Lipinski definition) is 6. The van der Waals surface area contributed by atoms with Crippen LogP contribution in [0.15, 0.2) is 12.1 Å². The summed E-state index contributed by atoms with van der Waals surface area (Å²) in [4.78, 5) is 11.2. The second-order valence-electron chi connectivity index (χ2n) is 4.45. The predicted molar refractivity (Wildman–Crippen MR) is 65.3 cm³/mol. The molecule has 18 heavy (non-hydrogen) atoms. The van der Waals surface area contributed by atoms with E-state index < -0.39 is 5.97 Å². The van der Waals surface area contributed by atoms with Crippen molar-refractivity contribution in [3.05, 3.63) is 17.8 Å². The number of methoxy groups -OCH3 is 1. The van der Waals surface area contributed by atoms with Gasteiger partial charge in [-0.15, -0.1) is 10.2 Å². The summed E-state index contributed by atoms with van der Waals surface area (Å²) >= 11 is 0. The van der Waals surface area contributed by atoms with Crippen molar-refractivity contribution in [2.45, 2.75) is 37.8 Å². The lowest BCUT2D eigenvalue weighted by atomic mass is 9.93. The van der Waals surface area contributed by atoms with E-state index in [4.69, 9.17) is 0 Å². The number of carbonyl (C=O) groups excluding carboxylic acids is 1. The molecule has 0 aliphatic heterocycles. The molecule has 1 aliphatic rings. The standard InChI is InChI=1S/C12H17N3O3/c1-18-12(17)10-6-7-11(15-14-10)13-8-2-4-9(16)5-3-8/h6-9,16H,2-5H2,1H3,(H,13,15). The van der Waals surface area contributed by atoms with Crippen LogP contribution in [0.25, 0.3) is 0 Å². The molecule has 0 atom stereocenters. The van der Waals surface area contributed by atoms with Crippen molar-refractivity contribution >= 4 is 11.8 Å². The van der Waals surface area contributed by atoms with E-state index in [1.54, 1.807) is 12.1 Å². The van der Waals surface area contributed by atoms with Gasteiger partial charge in [0.2, 0.25) is 0 Å². The Morgan fingerprint density at radius 1 is 1.33 bits per heavy atom. The van der Waals surface area contributed by atoms with Crippen LogP contribution in [0.4, 0.5) is 5.82 Å². The molecule has 0 aromatic carbocycles. The Kier molecular flexibility index (Phi) is 4.09. The first-order chi connectivity index (χ1) is 8.69. The second kappa shape index (κ2) is 5.77. The third-order valence-corrected chi connectivity index (χ3v) is 3.11. The van der Waals surface area contributed by atoms with Crippen molar-refractivity contribution in [3.63, 3.8) is 0 Å². The molecule has 1 saturated carbocycles. The molecule has 1 aliphatic carbocycles. The summed E-state index contributed by atoms with van der Waals surface area (Å²) < 4.78 is 4.55. The van der Waals surface area contributed by atoms with Gasteiger partial charge in [-0.05, 0) is 37.8 Å². The summed E-state index contributed by atoms with van der Waals surface area (Å²) in [7, 11) is 1.31. The van der Waals surface area contributed by atoms with Crippen molar-refractivity contribution < 1.29 is 14.6 Å². The number of aromatic nitrogens is 2. The minimum Gasteiger partial charge on any atom is -0.464 e. The number of nitrogens with one attached hydrogen (secondary N) is 1. The molecule has 0 saturated heterocycles. The van der Waals surface area contributed by atoms with Gasteiger partial charge in [0.1, 0.15) is 5.82 Å². The number of ether oxygens (including phenoxy) is 1. The summed E-state index contributed by atoms with van der Waals surface area (Å²) in [5.74, 6) is 0.152. The smallest absolute Gasteiger partial charge is 0.358 e. The van der Waals surface area contributed by atoms with Gasteiger partial charge in [0.05, 0.1) is 13.2 Å². The van der Waals surface area contributed by atoms with Gasteiger partial charge in [0.25, 0.3) is 0 Å². The molecule has 6 nitrogen and oxygen atoms in total. The predicted octanol–water partition coefficient (Wildman–Crippen LogP) is 0.979. The number of carbonyl (C=O) groups is 1. The van der Waals surface area contributed by atoms with Crippen LogP contribution in [0.1, 0.15) is 36.2 Å². The quantitative estimate of drug-likeness (QED) is 0.779. The zero-order valence-electron chi connectivity index (χ0n) is 10.3. The van der Waals surface area contributed by atoms with Gasteiger partial charge in [-0.1, -0.05) is 0 Å². The van der Waals surface area contributed by atoms with Gasteiger partial charge < -0.3 is 15.2 Å². The molecular formula is C12H17N3O3. The molecular weight excluding hydrogens is 234 g/mol. The van der Waals surface area contributed by atoms with Gasteiger partial charge in [0, 0.05) is 6.04 Å². The zero-order valence-corrected chi connectivity index (χ0v) is 10.3. The third kappa shape index (κ3) is 3.16. The van der Waals surface area contributed by atoms with Crippen LogP contribution >= 0.6 is 0 Å². The Balaban J connectivity index is 1.92. The molecule has 98 valence electrons. The summed E-state index contributed by atoms with van der Waals surface area (Å²) in [6.45, 7) is 0. The number of aliphatic hydroxyl groups excluding tert-OH is 1. The van der Waals surface area contributed by atoms with Crippen molar-refractivity contribution in [3.8, 4) is 0 Å². The van der Waals surface area contributed by atoms with Crippen LogP contribution in [-0.2, 0) is 4.74 Å². The summed E-state index contributed by atoms with van der Waals surface area (Å²) in [5.41, 5.74) is 0.196. The second-order valence-corrected chi connectivity index (χ2v) is 4.45. The van der Waals surface area contributed by atoms with Gasteiger partial charge in [-0.2, -0.15) is 0 Å². The average molecular weight is 251 g/mol. The first-order valence-corrected chi connectivity index (χ1v) is 6.05. The Morgan fingerprint density at radius 2 is 2.06 bits per heavy atom. The van der Waals surface area contributed by atoms with Crippen molar-refractivity contribution in [2.75, 3.05) is 12.4 Å². The van der Waals surface area contributed by atoms with Crippen LogP contribution in [-0.4, -0.2) is 40.5 Å². The number of nitrogens with zero attached hydrogens (tertiary/aromatic N) is 2. The molecule has 1 aromatic heterocycles. The molecule has 0 spiro atoms. The number of esters is 1. The molecule has 1 heterocycles. The highest BCUT2D eigenvalue weighted by molar-refractivity contribution is 5.86. The zero-order chi connectivity index (χ0) is 13.0. The molecule has 0 amide bonds. The SMILES string of the molecule is COC(=O)c1ccc(NC2CCC(O)CC2)nn1. The van der Waals surface area contributed by atoms with Crippen molar-refractivity contribution in [1.29, 1.82) is 0 Å². The number of hydrogen-bond donors (Lipinski definition) is 2. The summed E-state index contributed by atoms with van der Waals surface area (Å²) in [6, 6.07) is 3.61. The van der Waals surface area contributed by atoms with Crippen molar-refractivity contribution in [2.24, 2.45) is 0 Å². The minimum absolute atomic E-state index is 0.171. The van der Waals surface area contributed by atoms with Gasteiger partial charge in [0.15, 0.2) is 5.69 Å². The Morgan fingerprint density at radius 3 is 2.61 bits per heavy atom. The lowest BCUT2D eigenvalue weighted by molar-refractivity contribution is 0.0592. The lowest BCUT2D eigenvalue weighted by Gasteiger charge is -2.26. The molecule has 0 radical (unpaired) electrons. The van der Waals surface area contributed by atoms with E-state index in [1.165, 1.54) is 7.11 Å². The Hall–Kier alpha value is -1.69. The maximum absolute atomic E-state index is 11.2. The van der Waals surface area contributed by atoms with Crippen molar-refractivity contribution in [1.82, 2.24) is 10.2 Å². The largest absolute Gasteiger partial charge is 0.464 e. The van der Waals surface area contributed by atoms with Crippen LogP contribution in [0.2, 0.25) is 0 Å². The maximum Gasteiger partial charge on any atom is 0.358 e. The maximum atomic E-state index is 11.2. The highest BCUT2D eigenvalue weighted by Crippen LogP contribution is 2.21. The first kappa shape index (κ1) is 12.8. The molecule has 6 heteroatoms. The van der Waals surface area contributed by atoms with E-state index in [0.717, 1.165) is 25.7 Å². The molecule has 1 fully saturated rings. The van der Waals surface area contributed by atoms with E-state index >= 15 is 0 Å². The van der Waals surface area contributed by atoms with Crippen LogP contribution in [0.3, 0.4) is 0 Å². The van der Waals surface area contributed by atoms with E-state index in [1.807, 2.05) is 0 Å². The van der Waals surface area contributed by atoms with Crippen LogP contribution in [0.5, 0.6) is 0 Å². The molecule has 2 rings (SSSR count). The van der Waals surface area contributed by atoms with Gasteiger partial charge >= 0.3 is 5.97 Å². The fourth-order valence-electron chi connectivity index (χ4n) is 2.05. The lowest BCUT2D eigenvalue weighted by Crippen LogP contribution is -2.28. The fourth-order valence-corrected chi connectivity index (χ4v) is 2.05. The normalized spacial score (nSPS) is 23.4. The fraction of sp³-hybridized carbons (Fsp3) is 0.583. The average Bonchev–Trinajstić information content (AvgIpc) is 2.41.